The van der Waals surface area contributed by atoms with Crippen molar-refractivity contribution < 1.29 is 53.9 Å². The number of amides is 2. The summed E-state index contributed by atoms with van der Waals surface area (Å²) in [4.78, 5) is 46.2. The fourth-order valence-corrected chi connectivity index (χ4v) is 5.00. The number of thiazole rings is 1. The molecule has 144 valence electrons. The molecule has 1 fully saturated rings. The summed E-state index contributed by atoms with van der Waals surface area (Å²) >= 11 is 6.55. The number of anilines is 1. The quantitative estimate of drug-likeness (QED) is 0.129. The third kappa shape index (κ3) is 4.19. The Bertz CT molecular complexity index is 873. The number of carbonyl (C=O) groups excluding carboxylic acids is 3. The summed E-state index contributed by atoms with van der Waals surface area (Å²) in [7, 11) is 1.27. The van der Waals surface area contributed by atoms with E-state index in [9.17, 15) is 19.5 Å². The molecule has 0 radical (unpaired) electrons. The number of carboxylic acid groups (broad SMARTS) is 1. The second-order valence-corrected chi connectivity index (χ2v) is 7.76. The Kier molecular flexibility index (Phi) is 7.81. The number of nitrogens with zero attached hydrogens (tertiary/aromatic N) is 3. The molecule has 2 atom stereocenters. The number of nitrogens with one attached hydrogen (secondary N) is 1. The largest absolute Gasteiger partial charge is 1.00 e. The van der Waals surface area contributed by atoms with Crippen LogP contribution in [0.1, 0.15) is 5.69 Å². The second kappa shape index (κ2) is 9.50. The van der Waals surface area contributed by atoms with Crippen LogP contribution in [-0.4, -0.2) is 63.4 Å². The third-order valence-corrected chi connectivity index (χ3v) is 6.28. The van der Waals surface area contributed by atoms with Gasteiger partial charge in [0.1, 0.15) is 24.2 Å². The molecule has 0 aliphatic carbocycles. The van der Waals surface area contributed by atoms with Crippen LogP contribution in [0.5, 0.6) is 0 Å². The first-order chi connectivity index (χ1) is 12.9. The molecular formula is C14H14N5NaO5S3. The Morgan fingerprint density at radius 3 is 2.82 bits per heavy atom. The van der Waals surface area contributed by atoms with Crippen LogP contribution in [-0.2, 0) is 19.2 Å². The zero-order chi connectivity index (χ0) is 19.7. The van der Waals surface area contributed by atoms with Crippen molar-refractivity contribution in [3.63, 3.8) is 0 Å². The van der Waals surface area contributed by atoms with E-state index in [0.717, 1.165) is 16.2 Å². The molecule has 0 bridgehead atoms. The molecule has 0 aromatic carbocycles. The maximum absolute atomic E-state index is 12.6. The maximum Gasteiger partial charge on any atom is 1.00 e. The van der Waals surface area contributed by atoms with Gasteiger partial charge in [-0.25, -0.2) is 4.98 Å². The van der Waals surface area contributed by atoms with Crippen LogP contribution in [0, 0.1) is 0 Å². The van der Waals surface area contributed by atoms with Gasteiger partial charge < -0.3 is 25.8 Å². The Morgan fingerprint density at radius 2 is 2.29 bits per heavy atom. The van der Waals surface area contributed by atoms with Gasteiger partial charge in [0.2, 0.25) is 0 Å². The van der Waals surface area contributed by atoms with Crippen molar-refractivity contribution in [1.82, 2.24) is 15.2 Å². The number of aromatic nitrogens is 1. The summed E-state index contributed by atoms with van der Waals surface area (Å²) in [5.74, 6) is -2.11. The Morgan fingerprint density at radius 1 is 1.57 bits per heavy atom. The molecule has 2 amide bonds. The van der Waals surface area contributed by atoms with Crippen molar-refractivity contribution in [2.45, 2.75) is 11.4 Å². The molecule has 0 spiro atoms. The number of carbonyl (C=O) groups is 3. The van der Waals surface area contributed by atoms with Crippen LogP contribution < -0.4 is 45.7 Å². The summed E-state index contributed by atoms with van der Waals surface area (Å²) < 4.78 is 0. The molecule has 2 aliphatic heterocycles. The van der Waals surface area contributed by atoms with Crippen molar-refractivity contribution in [3.05, 3.63) is 22.3 Å². The number of fused-ring (bicyclic) bond motifs is 1. The molecule has 0 unspecified atom stereocenters. The van der Waals surface area contributed by atoms with E-state index in [1.807, 2.05) is 0 Å². The first kappa shape index (κ1) is 23.0. The fraction of sp³-hybridized carbons (Fsp3) is 0.357. The third-order valence-electron chi connectivity index (χ3n) is 3.88. The topological polar surface area (TPSA) is 150 Å². The van der Waals surface area contributed by atoms with Gasteiger partial charge in [0.15, 0.2) is 10.8 Å². The van der Waals surface area contributed by atoms with E-state index in [1.54, 1.807) is 0 Å². The van der Waals surface area contributed by atoms with E-state index in [4.69, 9.17) is 5.73 Å². The van der Waals surface area contributed by atoms with E-state index in [-0.39, 0.29) is 57.5 Å². The minimum Gasteiger partial charge on any atom is -0.543 e. The van der Waals surface area contributed by atoms with Crippen molar-refractivity contribution in [2.24, 2.45) is 5.16 Å². The molecule has 1 saturated heterocycles. The van der Waals surface area contributed by atoms with Crippen LogP contribution in [0.25, 0.3) is 0 Å². The number of thiol groups is 1. The van der Waals surface area contributed by atoms with E-state index in [0.29, 0.717) is 11.3 Å². The molecule has 3 rings (SSSR count). The number of thioether (sulfide) groups is 1. The number of carboxylic acids is 1. The number of hydrogen-bond acceptors (Lipinski definition) is 11. The fourth-order valence-electron chi connectivity index (χ4n) is 2.70. The minimum absolute atomic E-state index is 0. The van der Waals surface area contributed by atoms with E-state index >= 15 is 0 Å². The zero-order valence-electron chi connectivity index (χ0n) is 14.9. The number of rotatable bonds is 6. The number of β-lactam (4-membered cyclic amide) rings is 1. The zero-order valence-corrected chi connectivity index (χ0v) is 19.4. The van der Waals surface area contributed by atoms with Crippen LogP contribution in [0.3, 0.4) is 0 Å². The van der Waals surface area contributed by atoms with Gasteiger partial charge in [0.25, 0.3) is 11.8 Å². The standard InChI is InChI=1S/C14H15N5O5S3.Na/c1-24-18-7(6-4-27-14(15)16-6)10(20)17-8-11(21)19-9(13(22)23)5(2-25)3-26-12(8)19;/h4,8,12,25H,2-3H2,1H3,(H2,15,16)(H,17,20)(H,22,23);/q;+1/p-1/b18-7-;/t8-,12-;/m1./s1. The molecule has 28 heavy (non-hydrogen) atoms. The Labute approximate surface area is 195 Å². The van der Waals surface area contributed by atoms with Crippen molar-refractivity contribution in [3.8, 4) is 0 Å². The van der Waals surface area contributed by atoms with Gasteiger partial charge >= 0.3 is 29.6 Å². The van der Waals surface area contributed by atoms with E-state index in [1.165, 1.54) is 24.3 Å². The van der Waals surface area contributed by atoms with Gasteiger partial charge in [0.05, 0.1) is 11.7 Å². The van der Waals surface area contributed by atoms with E-state index in [2.05, 4.69) is 32.9 Å². The summed E-state index contributed by atoms with van der Waals surface area (Å²) in [6.07, 6.45) is 0. The number of hydrogen-bond donors (Lipinski definition) is 3. The summed E-state index contributed by atoms with van der Waals surface area (Å²) in [6, 6.07) is -0.906. The van der Waals surface area contributed by atoms with Gasteiger partial charge in [0, 0.05) is 16.9 Å². The van der Waals surface area contributed by atoms with Crippen LogP contribution in [0.4, 0.5) is 5.13 Å². The van der Waals surface area contributed by atoms with Crippen molar-refractivity contribution in [1.29, 1.82) is 0 Å². The molecule has 2 aliphatic rings. The molecule has 1 aromatic heterocycles. The van der Waals surface area contributed by atoms with Crippen molar-refractivity contribution in [2.75, 3.05) is 24.3 Å². The molecule has 1 aromatic rings. The smallest absolute Gasteiger partial charge is 0.543 e. The number of aliphatic carboxylic acids is 1. The van der Waals surface area contributed by atoms with Crippen LogP contribution in [0.2, 0.25) is 0 Å². The van der Waals surface area contributed by atoms with Gasteiger partial charge in [-0.1, -0.05) is 5.16 Å². The first-order valence-corrected chi connectivity index (χ1v) is 10.1. The molecule has 3 heterocycles. The van der Waals surface area contributed by atoms with Crippen LogP contribution >= 0.6 is 35.7 Å². The van der Waals surface area contributed by atoms with Crippen LogP contribution in [0.15, 0.2) is 21.8 Å². The monoisotopic (exact) mass is 451 g/mol. The summed E-state index contributed by atoms with van der Waals surface area (Å²) in [5.41, 5.74) is 5.97. The number of nitrogens with two attached hydrogens (primary N) is 1. The number of nitrogen functional groups attached to an aromatic ring is 1. The SMILES string of the molecule is CO/N=C(\C(=O)N[C@@H]1C(=O)N2C(C(=O)[O-])=C(CS)CS[C@H]12)c1csc(N)n1.[Na+]. The second-order valence-electron chi connectivity index (χ2n) is 5.45. The maximum atomic E-state index is 12.6. The summed E-state index contributed by atoms with van der Waals surface area (Å²) in [5, 5.41) is 18.9. The minimum atomic E-state index is -1.44. The molecule has 14 heteroatoms. The Balaban J connectivity index is 0.00000280. The normalized spacial score (nSPS) is 21.4. The summed E-state index contributed by atoms with van der Waals surface area (Å²) in [6.45, 7) is 0. The average Bonchev–Trinajstić information content (AvgIpc) is 3.08. The Hall–Kier alpha value is -1.25. The molecular weight excluding hydrogens is 437 g/mol. The molecule has 3 N–H and O–H groups in total. The molecule has 10 nitrogen and oxygen atoms in total. The predicted molar refractivity (Wildman–Crippen MR) is 101 cm³/mol. The predicted octanol–water partition coefficient (Wildman–Crippen LogP) is -4.59. The van der Waals surface area contributed by atoms with Gasteiger partial charge in [-0.3, -0.25) is 14.5 Å². The average molecular weight is 451 g/mol. The van der Waals surface area contributed by atoms with E-state index < -0.39 is 29.2 Å². The molecule has 0 saturated carbocycles. The van der Waals surface area contributed by atoms with Gasteiger partial charge in [-0.15, -0.1) is 23.1 Å². The first-order valence-electron chi connectivity index (χ1n) is 7.51. The van der Waals surface area contributed by atoms with Gasteiger partial charge in [-0.2, -0.15) is 12.6 Å². The number of oxime groups is 1. The van der Waals surface area contributed by atoms with Crippen molar-refractivity contribution >= 4 is 64.4 Å². The van der Waals surface area contributed by atoms with Gasteiger partial charge in [-0.05, 0) is 5.57 Å².